The monoisotopic (exact) mass is 478 g/mol. The van der Waals surface area contributed by atoms with E-state index in [4.69, 9.17) is 19.9 Å². The second-order valence-corrected chi connectivity index (χ2v) is 8.85. The highest BCUT2D eigenvalue weighted by atomic mass is 16.5. The minimum absolute atomic E-state index is 0.0419. The minimum Gasteiger partial charge on any atom is -0.486 e. The second-order valence-electron chi connectivity index (χ2n) is 8.85. The van der Waals surface area contributed by atoms with E-state index in [9.17, 15) is 0 Å². The molecule has 0 radical (unpaired) electrons. The molecule has 0 aliphatic carbocycles. The number of aromatic nitrogens is 3. The van der Waals surface area contributed by atoms with Crippen molar-refractivity contribution in [2.45, 2.75) is 32.7 Å². The van der Waals surface area contributed by atoms with E-state index in [0.717, 1.165) is 39.3 Å². The number of benzene rings is 3. The van der Waals surface area contributed by atoms with Crippen LogP contribution in [0.25, 0.3) is 16.7 Å². The fourth-order valence-corrected chi connectivity index (χ4v) is 4.75. The van der Waals surface area contributed by atoms with E-state index in [1.807, 2.05) is 80.6 Å². The Morgan fingerprint density at radius 1 is 0.944 bits per heavy atom. The zero-order chi connectivity index (χ0) is 24.6. The Hall–Kier alpha value is -4.36. The zero-order valence-corrected chi connectivity index (χ0v) is 20.1. The molecule has 0 saturated carbocycles. The van der Waals surface area contributed by atoms with Gasteiger partial charge in [-0.3, -0.25) is 0 Å². The first-order valence-electron chi connectivity index (χ1n) is 11.9. The molecule has 2 N–H and O–H groups in total. The Morgan fingerprint density at radius 2 is 1.72 bits per heavy atom. The molecule has 5 aromatic rings. The van der Waals surface area contributed by atoms with E-state index in [-0.39, 0.29) is 12.2 Å². The molecule has 2 aromatic heterocycles. The molecule has 7 heteroatoms. The predicted molar refractivity (Wildman–Crippen MR) is 138 cm³/mol. The number of nitrogens with two attached hydrogens (primary N) is 1. The number of nitrogen functional groups attached to an aromatic ring is 1. The fourth-order valence-electron chi connectivity index (χ4n) is 4.75. The number of fused-ring (bicyclic) bond motifs is 3. The van der Waals surface area contributed by atoms with Crippen molar-refractivity contribution in [1.29, 1.82) is 0 Å². The quantitative estimate of drug-likeness (QED) is 0.299. The topological polar surface area (TPSA) is 84.4 Å². The number of hydrogen-bond donors (Lipinski definition) is 1. The number of anilines is 1. The molecule has 7 nitrogen and oxygen atoms in total. The lowest BCUT2D eigenvalue weighted by Crippen LogP contribution is -2.03. The first-order chi connectivity index (χ1) is 17.6. The van der Waals surface area contributed by atoms with Gasteiger partial charge in [-0.1, -0.05) is 36.4 Å². The fraction of sp³-hybridized carbons (Fsp3) is 0.172. The Balaban J connectivity index is 1.25. The Morgan fingerprint density at radius 3 is 2.53 bits per heavy atom. The summed E-state index contributed by atoms with van der Waals surface area (Å²) >= 11 is 0. The largest absolute Gasteiger partial charge is 0.486 e. The van der Waals surface area contributed by atoms with Crippen LogP contribution < -0.4 is 15.2 Å². The van der Waals surface area contributed by atoms with Gasteiger partial charge in [-0.25, -0.2) is 9.97 Å². The molecule has 3 heterocycles. The van der Waals surface area contributed by atoms with Crippen molar-refractivity contribution in [3.8, 4) is 22.9 Å². The van der Waals surface area contributed by atoms with Crippen molar-refractivity contribution in [3.63, 3.8) is 0 Å². The highest BCUT2D eigenvalue weighted by molar-refractivity contribution is 5.91. The first kappa shape index (κ1) is 22.1. The van der Waals surface area contributed by atoms with Crippen LogP contribution >= 0.6 is 0 Å². The Kier molecular flexibility index (Phi) is 5.54. The summed E-state index contributed by atoms with van der Waals surface area (Å²) in [5, 5.41) is 0. The third-order valence-corrected chi connectivity index (χ3v) is 6.50. The molecule has 36 heavy (non-hydrogen) atoms. The average molecular weight is 479 g/mol. The van der Waals surface area contributed by atoms with Crippen molar-refractivity contribution in [1.82, 2.24) is 14.5 Å². The lowest BCUT2D eigenvalue weighted by molar-refractivity contribution is 0.0783. The van der Waals surface area contributed by atoms with E-state index in [1.54, 1.807) is 0 Å². The van der Waals surface area contributed by atoms with Crippen LogP contribution in [0.3, 0.4) is 0 Å². The van der Waals surface area contributed by atoms with Crippen molar-refractivity contribution in [3.05, 3.63) is 102 Å². The molecule has 2 unspecified atom stereocenters. The summed E-state index contributed by atoms with van der Waals surface area (Å²) in [7, 11) is 0. The summed E-state index contributed by atoms with van der Waals surface area (Å²) in [5.74, 6) is 2.62. The number of hydrogen-bond acceptors (Lipinski definition) is 6. The summed E-state index contributed by atoms with van der Waals surface area (Å²) in [4.78, 5) is 8.72. The molecule has 180 valence electrons. The average Bonchev–Trinajstić information content (AvgIpc) is 3.44. The molecule has 0 bridgehead atoms. The maximum Gasteiger partial charge on any atom is 0.151 e. The lowest BCUT2D eigenvalue weighted by atomic mass is 10.1. The standard InChI is InChI=1S/C29H26N4O3/c1-18(20-7-4-3-5-8-20)35-23-9-6-10-24(15-23)36-22-13-11-21(12-14-22)33-25-16-34-19(2)26(25)27-28(33)29(30)32-17-31-27/h3-15,17-19H,16H2,1-2H3,(H2,30,31,32). The molecule has 3 aromatic carbocycles. The molecular formula is C29H26N4O3. The van der Waals surface area contributed by atoms with E-state index in [1.165, 1.54) is 6.33 Å². The molecule has 0 fully saturated rings. The first-order valence-corrected chi connectivity index (χ1v) is 11.9. The summed E-state index contributed by atoms with van der Waals surface area (Å²) in [6.45, 7) is 4.56. The van der Waals surface area contributed by atoms with Gasteiger partial charge in [0.05, 0.1) is 18.4 Å². The highest BCUT2D eigenvalue weighted by Crippen LogP contribution is 2.41. The molecule has 2 atom stereocenters. The van der Waals surface area contributed by atoms with Crippen LogP contribution in [0.4, 0.5) is 5.82 Å². The van der Waals surface area contributed by atoms with Gasteiger partial charge in [-0.05, 0) is 55.8 Å². The Labute approximate surface area is 209 Å². The predicted octanol–water partition coefficient (Wildman–Crippen LogP) is 6.53. The van der Waals surface area contributed by atoms with Gasteiger partial charge in [0.15, 0.2) is 5.82 Å². The maximum absolute atomic E-state index is 6.27. The van der Waals surface area contributed by atoms with Gasteiger partial charge in [-0.2, -0.15) is 0 Å². The van der Waals surface area contributed by atoms with Crippen LogP contribution in [0.15, 0.2) is 85.2 Å². The van der Waals surface area contributed by atoms with Gasteiger partial charge in [0, 0.05) is 17.3 Å². The van der Waals surface area contributed by atoms with E-state index >= 15 is 0 Å². The third-order valence-electron chi connectivity index (χ3n) is 6.50. The summed E-state index contributed by atoms with van der Waals surface area (Å²) in [6, 6.07) is 25.7. The SMILES string of the molecule is CC(Oc1cccc(Oc2ccc(-n3c4c(c5ncnc(N)c53)C(C)OC4)cc2)c1)c1ccccc1. The van der Waals surface area contributed by atoms with Gasteiger partial charge in [0.1, 0.15) is 40.7 Å². The molecule has 0 amide bonds. The van der Waals surface area contributed by atoms with E-state index in [0.29, 0.717) is 23.9 Å². The van der Waals surface area contributed by atoms with Gasteiger partial charge in [0.2, 0.25) is 0 Å². The van der Waals surface area contributed by atoms with Gasteiger partial charge in [-0.15, -0.1) is 0 Å². The van der Waals surface area contributed by atoms with Gasteiger partial charge >= 0.3 is 0 Å². The van der Waals surface area contributed by atoms with Gasteiger partial charge in [0.25, 0.3) is 0 Å². The highest BCUT2D eigenvalue weighted by Gasteiger charge is 2.30. The Bertz CT molecular complexity index is 1530. The number of nitrogens with zero attached hydrogens (tertiary/aromatic N) is 3. The molecule has 1 aliphatic rings. The van der Waals surface area contributed by atoms with Crippen molar-refractivity contribution < 1.29 is 14.2 Å². The summed E-state index contributed by atoms with van der Waals surface area (Å²) in [6.07, 6.45) is 1.39. The normalized spacial score (nSPS) is 15.6. The second kappa shape index (κ2) is 9.02. The van der Waals surface area contributed by atoms with Crippen molar-refractivity contribution >= 4 is 16.9 Å². The molecular weight excluding hydrogens is 452 g/mol. The van der Waals surface area contributed by atoms with E-state index in [2.05, 4.69) is 26.7 Å². The van der Waals surface area contributed by atoms with Crippen LogP contribution in [-0.4, -0.2) is 14.5 Å². The number of ether oxygens (including phenoxy) is 3. The zero-order valence-electron chi connectivity index (χ0n) is 20.1. The summed E-state index contributed by atoms with van der Waals surface area (Å²) < 4.78 is 20.2. The van der Waals surface area contributed by atoms with Crippen LogP contribution in [-0.2, 0) is 11.3 Å². The minimum atomic E-state index is -0.0676. The molecule has 0 saturated heterocycles. The van der Waals surface area contributed by atoms with Crippen LogP contribution in [0, 0.1) is 0 Å². The lowest BCUT2D eigenvalue weighted by Gasteiger charge is -2.16. The molecule has 1 aliphatic heterocycles. The maximum atomic E-state index is 6.27. The van der Waals surface area contributed by atoms with Gasteiger partial charge < -0.3 is 24.5 Å². The summed E-state index contributed by atoms with van der Waals surface area (Å²) in [5.41, 5.74) is 12.1. The molecule has 6 rings (SSSR count). The number of rotatable bonds is 6. The van der Waals surface area contributed by atoms with Crippen molar-refractivity contribution in [2.75, 3.05) is 5.73 Å². The van der Waals surface area contributed by atoms with Crippen LogP contribution in [0.1, 0.15) is 42.9 Å². The third kappa shape index (κ3) is 3.93. The smallest absolute Gasteiger partial charge is 0.151 e. The van der Waals surface area contributed by atoms with E-state index < -0.39 is 0 Å². The van der Waals surface area contributed by atoms with Crippen molar-refractivity contribution in [2.24, 2.45) is 0 Å². The molecule has 0 spiro atoms. The van der Waals surface area contributed by atoms with Crippen LogP contribution in [0.2, 0.25) is 0 Å². The van der Waals surface area contributed by atoms with Crippen LogP contribution in [0.5, 0.6) is 17.2 Å².